The van der Waals surface area contributed by atoms with Crippen LogP contribution in [0.4, 0.5) is 0 Å². The van der Waals surface area contributed by atoms with Crippen LogP contribution >= 0.6 is 23.2 Å². The lowest BCUT2D eigenvalue weighted by Crippen LogP contribution is -2.43. The van der Waals surface area contributed by atoms with Crippen LogP contribution in [0.15, 0.2) is 54.7 Å². The number of benzene rings is 2. The Labute approximate surface area is 311 Å². The van der Waals surface area contributed by atoms with Crippen molar-refractivity contribution in [3.8, 4) is 17.2 Å². The van der Waals surface area contributed by atoms with Crippen LogP contribution < -0.4 is 14.2 Å². The van der Waals surface area contributed by atoms with Crippen molar-refractivity contribution in [1.29, 1.82) is 0 Å². The van der Waals surface area contributed by atoms with Crippen molar-refractivity contribution in [2.75, 3.05) is 59.8 Å². The SMILES string of the molecule is COc1ccc(C2c3c(nc4cc(Cl)ccn34)CCN2C(=O)COc2ccc(CN3CCOCC3)cc2Cl)cc1OCCO[Si](C)(C)C(C)(C)C. The third kappa shape index (κ3) is 8.50. The fraction of sp³-hybridized carbons (Fsp3) is 0.474. The second-order valence-electron chi connectivity index (χ2n) is 14.6. The van der Waals surface area contributed by atoms with Gasteiger partial charge in [0.25, 0.3) is 5.91 Å². The third-order valence-corrected chi connectivity index (χ3v) is 15.2. The van der Waals surface area contributed by atoms with Gasteiger partial charge in [-0.1, -0.05) is 56.1 Å². The molecule has 1 saturated heterocycles. The summed E-state index contributed by atoms with van der Waals surface area (Å²) < 4.78 is 31.9. The van der Waals surface area contributed by atoms with Crippen LogP contribution in [0.3, 0.4) is 0 Å². The molecule has 0 radical (unpaired) electrons. The monoisotopic (exact) mass is 754 g/mol. The van der Waals surface area contributed by atoms with Crippen LogP contribution in [0.2, 0.25) is 28.2 Å². The van der Waals surface area contributed by atoms with E-state index in [1.165, 1.54) is 0 Å². The summed E-state index contributed by atoms with van der Waals surface area (Å²) in [5.74, 6) is 1.46. The first-order valence-corrected chi connectivity index (χ1v) is 21.1. The maximum Gasteiger partial charge on any atom is 0.261 e. The summed E-state index contributed by atoms with van der Waals surface area (Å²) in [4.78, 5) is 23.2. The zero-order valence-electron chi connectivity index (χ0n) is 30.3. The lowest BCUT2D eigenvalue weighted by Gasteiger charge is -2.36. The number of morpholine rings is 1. The number of amides is 1. The molecule has 1 atom stereocenters. The molecule has 1 unspecified atom stereocenters. The number of imidazole rings is 1. The molecular weight excluding hydrogens is 707 g/mol. The van der Waals surface area contributed by atoms with Crippen LogP contribution in [0.5, 0.6) is 17.2 Å². The number of rotatable bonds is 12. The predicted octanol–water partition coefficient (Wildman–Crippen LogP) is 7.44. The zero-order chi connectivity index (χ0) is 36.3. The number of nitrogens with zero attached hydrogens (tertiary/aromatic N) is 4. The fourth-order valence-electron chi connectivity index (χ4n) is 6.31. The van der Waals surface area contributed by atoms with Gasteiger partial charge in [0, 0.05) is 49.9 Å². The lowest BCUT2D eigenvalue weighted by atomic mass is 9.95. The molecule has 4 heterocycles. The standard InChI is InChI=1S/C38H48Cl2N4O6Si/c1-38(2,3)51(5,6)50-20-19-48-33-22-27(8-10-32(33)46-4)36-37-30(41-34-23-28(39)11-13-43(34)37)12-14-44(36)35(45)25-49-31-9-7-26(21-29(31)40)24-42-15-17-47-18-16-42/h7-11,13,21-23,36H,12,14-20,24-25H2,1-6H3. The van der Waals surface area contributed by atoms with Crippen LogP contribution in [0, 0.1) is 0 Å². The summed E-state index contributed by atoms with van der Waals surface area (Å²) in [6, 6.07) is 14.7. The average molecular weight is 756 g/mol. The van der Waals surface area contributed by atoms with E-state index in [0.717, 1.165) is 61.0 Å². The summed E-state index contributed by atoms with van der Waals surface area (Å²) in [5.41, 5.74) is 4.46. The molecule has 10 nitrogen and oxygen atoms in total. The maximum atomic E-state index is 14.1. The number of halogens is 2. The number of hydrogen-bond donors (Lipinski definition) is 0. The molecule has 0 spiro atoms. The molecule has 1 amide bonds. The molecule has 2 aliphatic heterocycles. The summed E-state index contributed by atoms with van der Waals surface area (Å²) in [5, 5.41) is 1.16. The quantitative estimate of drug-likeness (QED) is 0.109. The summed E-state index contributed by atoms with van der Waals surface area (Å²) in [7, 11) is -0.316. The van der Waals surface area contributed by atoms with E-state index in [1.54, 1.807) is 7.11 Å². The molecule has 6 rings (SSSR count). The van der Waals surface area contributed by atoms with Gasteiger partial charge < -0.3 is 32.7 Å². The van der Waals surface area contributed by atoms with E-state index in [1.807, 2.05) is 64.0 Å². The highest BCUT2D eigenvalue weighted by atomic mass is 35.5. The van der Waals surface area contributed by atoms with Crippen molar-refractivity contribution >= 4 is 43.1 Å². The Bertz CT molecular complexity index is 1860. The van der Waals surface area contributed by atoms with Crippen LogP contribution in [-0.2, 0) is 26.9 Å². The molecule has 0 aliphatic carbocycles. The Morgan fingerprint density at radius 3 is 2.45 bits per heavy atom. The second kappa shape index (κ2) is 15.7. The molecule has 51 heavy (non-hydrogen) atoms. The highest BCUT2D eigenvalue weighted by Crippen LogP contribution is 2.40. The number of carbonyl (C=O) groups is 1. The van der Waals surface area contributed by atoms with E-state index < -0.39 is 14.4 Å². The molecule has 2 aromatic heterocycles. The van der Waals surface area contributed by atoms with E-state index in [4.69, 9.17) is 51.6 Å². The Balaban J connectivity index is 1.24. The van der Waals surface area contributed by atoms with Gasteiger partial charge in [0.2, 0.25) is 0 Å². The smallest absolute Gasteiger partial charge is 0.261 e. The van der Waals surface area contributed by atoms with Gasteiger partial charge in [-0.15, -0.1) is 0 Å². The number of methoxy groups -OCH3 is 1. The highest BCUT2D eigenvalue weighted by Gasteiger charge is 2.38. The predicted molar refractivity (Wildman–Crippen MR) is 202 cm³/mol. The van der Waals surface area contributed by atoms with E-state index in [2.05, 4.69) is 38.8 Å². The van der Waals surface area contributed by atoms with Crippen LogP contribution in [0.1, 0.15) is 49.3 Å². The molecule has 2 aliphatic rings. The Morgan fingerprint density at radius 1 is 0.961 bits per heavy atom. The number of fused-ring (bicyclic) bond motifs is 3. The normalized spacial score (nSPS) is 17.0. The van der Waals surface area contributed by atoms with Crippen molar-refractivity contribution < 1.29 is 28.2 Å². The van der Waals surface area contributed by atoms with Crippen molar-refractivity contribution in [1.82, 2.24) is 19.2 Å². The molecule has 274 valence electrons. The molecule has 0 saturated carbocycles. The Morgan fingerprint density at radius 2 is 1.73 bits per heavy atom. The van der Waals surface area contributed by atoms with Crippen molar-refractivity contribution in [3.05, 3.63) is 87.3 Å². The first kappa shape index (κ1) is 37.4. The summed E-state index contributed by atoms with van der Waals surface area (Å²) in [6.45, 7) is 16.2. The molecule has 2 aromatic carbocycles. The third-order valence-electron chi connectivity index (χ3n) is 10.2. The van der Waals surface area contributed by atoms with Gasteiger partial charge in [0.1, 0.15) is 18.0 Å². The number of hydrogen-bond acceptors (Lipinski definition) is 8. The van der Waals surface area contributed by atoms with Gasteiger partial charge >= 0.3 is 0 Å². The number of ether oxygens (including phenoxy) is 4. The van der Waals surface area contributed by atoms with Gasteiger partial charge in [0.05, 0.1) is 49.4 Å². The lowest BCUT2D eigenvalue weighted by molar-refractivity contribution is -0.135. The molecule has 1 fully saturated rings. The molecular formula is C38H48Cl2N4O6Si. The Kier molecular flexibility index (Phi) is 11.5. The molecule has 0 N–H and O–H groups in total. The van der Waals surface area contributed by atoms with Crippen LogP contribution in [0.25, 0.3) is 5.65 Å². The maximum absolute atomic E-state index is 14.1. The van der Waals surface area contributed by atoms with Crippen molar-refractivity contribution in [2.24, 2.45) is 0 Å². The number of carbonyl (C=O) groups excluding carboxylic acids is 1. The average Bonchev–Trinajstić information content (AvgIpc) is 3.46. The molecule has 4 aromatic rings. The minimum absolute atomic E-state index is 0.0963. The van der Waals surface area contributed by atoms with Gasteiger partial charge in [-0.3, -0.25) is 9.69 Å². The van der Waals surface area contributed by atoms with Gasteiger partial charge in [-0.05, 0) is 59.6 Å². The van der Waals surface area contributed by atoms with Gasteiger partial charge in [-0.2, -0.15) is 0 Å². The van der Waals surface area contributed by atoms with E-state index in [9.17, 15) is 4.79 Å². The first-order chi connectivity index (χ1) is 24.3. The summed E-state index contributed by atoms with van der Waals surface area (Å²) >= 11 is 13.0. The summed E-state index contributed by atoms with van der Waals surface area (Å²) in [6.07, 6.45) is 2.48. The highest BCUT2D eigenvalue weighted by molar-refractivity contribution is 6.74. The Hall–Kier alpha value is -3.32. The van der Waals surface area contributed by atoms with Gasteiger partial charge in [0.15, 0.2) is 26.4 Å². The number of aromatic nitrogens is 2. The minimum Gasteiger partial charge on any atom is -0.493 e. The van der Waals surface area contributed by atoms with Gasteiger partial charge in [-0.25, -0.2) is 4.98 Å². The van der Waals surface area contributed by atoms with E-state index >= 15 is 0 Å². The van der Waals surface area contributed by atoms with E-state index in [-0.39, 0.29) is 17.6 Å². The zero-order valence-corrected chi connectivity index (χ0v) is 32.9. The largest absolute Gasteiger partial charge is 0.493 e. The van der Waals surface area contributed by atoms with Crippen molar-refractivity contribution in [3.63, 3.8) is 0 Å². The first-order valence-electron chi connectivity index (χ1n) is 17.5. The number of pyridine rings is 1. The van der Waals surface area contributed by atoms with E-state index in [0.29, 0.717) is 53.5 Å². The molecule has 0 bridgehead atoms. The fourth-order valence-corrected chi connectivity index (χ4v) is 7.75. The van der Waals surface area contributed by atoms with Crippen molar-refractivity contribution in [2.45, 2.75) is 57.9 Å². The second-order valence-corrected chi connectivity index (χ2v) is 20.2. The van der Waals surface area contributed by atoms with Crippen LogP contribution in [-0.4, -0.2) is 93.2 Å². The molecule has 13 heteroatoms. The topological polar surface area (TPSA) is 87.0 Å². The minimum atomic E-state index is -1.94.